The van der Waals surface area contributed by atoms with Crippen molar-refractivity contribution >= 4 is 5.97 Å². The Kier molecular flexibility index (Phi) is 3.70. The van der Waals surface area contributed by atoms with E-state index in [1.165, 1.54) is 6.92 Å². The third-order valence-corrected chi connectivity index (χ3v) is 3.07. The van der Waals surface area contributed by atoms with Crippen LogP contribution >= 0.6 is 0 Å². The van der Waals surface area contributed by atoms with Crippen LogP contribution in [0.2, 0.25) is 0 Å². The lowest BCUT2D eigenvalue weighted by Crippen LogP contribution is -2.23. The van der Waals surface area contributed by atoms with E-state index < -0.39 is 11.6 Å². The van der Waals surface area contributed by atoms with Gasteiger partial charge < -0.3 is 10.2 Å². The Balaban J connectivity index is 0.000000187. The van der Waals surface area contributed by atoms with Crippen molar-refractivity contribution in [1.82, 2.24) is 0 Å². The molecule has 0 saturated heterocycles. The largest absolute Gasteiger partial charge is 0.478 e. The number of hydrogen-bond acceptors (Lipinski definition) is 2. The molecule has 3 nitrogen and oxygen atoms in total. The summed E-state index contributed by atoms with van der Waals surface area (Å²) in [7, 11) is 0. The molecule has 0 aromatic carbocycles. The Hall–Kier alpha value is -1.35. The fourth-order valence-electron chi connectivity index (χ4n) is 2.13. The van der Waals surface area contributed by atoms with Crippen LogP contribution in [0, 0.1) is 5.92 Å². The predicted molar refractivity (Wildman–Crippen MR) is 63.0 cm³/mol. The Labute approximate surface area is 95.8 Å². The maximum absolute atomic E-state index is 9.86. The van der Waals surface area contributed by atoms with Crippen molar-refractivity contribution in [3.8, 4) is 0 Å². The number of fused-ring (bicyclic) bond motifs is 2. The van der Waals surface area contributed by atoms with Crippen LogP contribution < -0.4 is 0 Å². The van der Waals surface area contributed by atoms with Crippen LogP contribution in [0.25, 0.3) is 0 Å². The van der Waals surface area contributed by atoms with Gasteiger partial charge in [-0.3, -0.25) is 0 Å². The first-order chi connectivity index (χ1) is 7.39. The molecule has 2 N–H and O–H groups in total. The first kappa shape index (κ1) is 12.7. The molecule has 0 radical (unpaired) electrons. The number of rotatable bonds is 2. The average molecular weight is 222 g/mol. The predicted octanol–water partition coefficient (Wildman–Crippen LogP) is 2.29. The van der Waals surface area contributed by atoms with Gasteiger partial charge in [-0.25, -0.2) is 4.79 Å². The van der Waals surface area contributed by atoms with Crippen LogP contribution in [0.3, 0.4) is 0 Å². The number of hydrogen-bond donors (Lipinski definition) is 2. The van der Waals surface area contributed by atoms with E-state index in [-0.39, 0.29) is 5.57 Å². The summed E-state index contributed by atoms with van der Waals surface area (Å²) in [6.45, 7) is 8.28. The minimum absolute atomic E-state index is 0.176. The first-order valence-corrected chi connectivity index (χ1v) is 5.35. The van der Waals surface area contributed by atoms with Gasteiger partial charge in [-0.2, -0.15) is 0 Å². The second-order valence-corrected chi connectivity index (χ2v) is 4.45. The third kappa shape index (κ3) is 2.61. The highest BCUT2D eigenvalue weighted by Gasteiger charge is 2.43. The van der Waals surface area contributed by atoms with E-state index in [1.807, 2.05) is 0 Å². The fourth-order valence-corrected chi connectivity index (χ4v) is 2.13. The average Bonchev–Trinajstić information content (AvgIpc) is 2.72. The molecule has 0 spiro atoms. The zero-order valence-corrected chi connectivity index (χ0v) is 9.57. The second-order valence-electron chi connectivity index (χ2n) is 4.45. The molecular formula is C13H18O3. The maximum Gasteiger partial charge on any atom is 0.330 e. The van der Waals surface area contributed by atoms with Gasteiger partial charge in [0, 0.05) is 5.57 Å². The normalized spacial score (nSPS) is 30.1. The standard InChI is InChI=1S/C9H12O.C4H6O2/c1-2-8-5-7-3-4-9(8,10)6-7;1-3(2)4(5)6/h2,5,7,10H,1,3-4,6H2;1H2,2H3,(H,5,6). The van der Waals surface area contributed by atoms with Crippen LogP contribution in [0.15, 0.2) is 36.5 Å². The van der Waals surface area contributed by atoms with E-state index in [4.69, 9.17) is 5.11 Å². The molecule has 2 unspecified atom stereocenters. The number of carboxylic acid groups (broad SMARTS) is 1. The summed E-state index contributed by atoms with van der Waals surface area (Å²) in [5.74, 6) is -0.298. The molecule has 0 aromatic heterocycles. The van der Waals surface area contributed by atoms with Crippen molar-refractivity contribution in [3.05, 3.63) is 36.5 Å². The Morgan fingerprint density at radius 1 is 1.69 bits per heavy atom. The minimum Gasteiger partial charge on any atom is -0.478 e. The van der Waals surface area contributed by atoms with Crippen LogP contribution in [0.1, 0.15) is 26.2 Å². The van der Waals surface area contributed by atoms with Gasteiger partial charge in [-0.15, -0.1) is 0 Å². The maximum atomic E-state index is 9.86. The number of carboxylic acids is 1. The van der Waals surface area contributed by atoms with E-state index >= 15 is 0 Å². The summed E-state index contributed by atoms with van der Waals surface area (Å²) in [4.78, 5) is 9.60. The smallest absolute Gasteiger partial charge is 0.330 e. The molecule has 16 heavy (non-hydrogen) atoms. The molecular weight excluding hydrogens is 204 g/mol. The van der Waals surface area contributed by atoms with Crippen molar-refractivity contribution < 1.29 is 15.0 Å². The first-order valence-electron chi connectivity index (χ1n) is 5.35. The molecule has 0 aliphatic heterocycles. The summed E-state index contributed by atoms with van der Waals surface area (Å²) in [6.07, 6.45) is 6.99. The lowest BCUT2D eigenvalue weighted by molar-refractivity contribution is -0.132. The molecule has 3 heteroatoms. The molecule has 0 aromatic rings. The zero-order chi connectivity index (χ0) is 12.3. The van der Waals surface area contributed by atoms with E-state index in [0.717, 1.165) is 24.8 Å². The SMILES string of the molecule is C=C(C)C(=O)O.C=CC1=CC2CCC1(O)C2. The highest BCUT2D eigenvalue weighted by atomic mass is 16.4. The lowest BCUT2D eigenvalue weighted by atomic mass is 9.94. The van der Waals surface area contributed by atoms with Gasteiger partial charge >= 0.3 is 5.97 Å². The van der Waals surface area contributed by atoms with Crippen molar-refractivity contribution in [2.24, 2.45) is 5.92 Å². The molecule has 1 saturated carbocycles. The molecule has 2 atom stereocenters. The third-order valence-electron chi connectivity index (χ3n) is 3.07. The van der Waals surface area contributed by atoms with Crippen molar-refractivity contribution in [2.45, 2.75) is 31.8 Å². The van der Waals surface area contributed by atoms with Gasteiger partial charge in [0.15, 0.2) is 0 Å². The van der Waals surface area contributed by atoms with Crippen molar-refractivity contribution in [2.75, 3.05) is 0 Å². The van der Waals surface area contributed by atoms with Gasteiger partial charge in [0.1, 0.15) is 0 Å². The van der Waals surface area contributed by atoms with Crippen LogP contribution in [-0.2, 0) is 4.79 Å². The summed E-state index contributed by atoms with van der Waals surface area (Å²) in [5.41, 5.74) is 0.755. The minimum atomic E-state index is -0.935. The van der Waals surface area contributed by atoms with E-state index in [0.29, 0.717) is 5.92 Å². The molecule has 2 aliphatic carbocycles. The van der Waals surface area contributed by atoms with Gasteiger partial charge in [0.2, 0.25) is 0 Å². The molecule has 1 fully saturated rings. The number of carbonyl (C=O) groups is 1. The molecule has 2 bridgehead atoms. The molecule has 2 rings (SSSR count). The van der Waals surface area contributed by atoms with Gasteiger partial charge in [0.05, 0.1) is 5.60 Å². The summed E-state index contributed by atoms with van der Waals surface area (Å²) >= 11 is 0. The molecule has 88 valence electrons. The highest BCUT2D eigenvalue weighted by Crippen LogP contribution is 2.47. The van der Waals surface area contributed by atoms with Crippen LogP contribution in [-0.4, -0.2) is 21.8 Å². The number of allylic oxidation sites excluding steroid dienone is 1. The monoisotopic (exact) mass is 222 g/mol. The van der Waals surface area contributed by atoms with Crippen molar-refractivity contribution in [1.29, 1.82) is 0 Å². The topological polar surface area (TPSA) is 57.5 Å². The molecule has 2 aliphatic rings. The van der Waals surface area contributed by atoms with Gasteiger partial charge in [-0.05, 0) is 37.7 Å². The Morgan fingerprint density at radius 3 is 2.44 bits per heavy atom. The summed E-state index contributed by atoms with van der Waals surface area (Å²) in [6, 6.07) is 0. The van der Waals surface area contributed by atoms with Gasteiger partial charge in [-0.1, -0.05) is 25.3 Å². The van der Waals surface area contributed by atoms with E-state index in [2.05, 4.69) is 19.2 Å². The number of aliphatic hydroxyl groups is 1. The fraction of sp³-hybridized carbons (Fsp3) is 0.462. The lowest BCUT2D eigenvalue weighted by Gasteiger charge is -2.20. The second kappa shape index (κ2) is 4.66. The van der Waals surface area contributed by atoms with Gasteiger partial charge in [0.25, 0.3) is 0 Å². The Bertz CT molecular complexity index is 342. The van der Waals surface area contributed by atoms with E-state index in [1.54, 1.807) is 6.08 Å². The molecule has 0 amide bonds. The zero-order valence-electron chi connectivity index (χ0n) is 9.57. The van der Waals surface area contributed by atoms with Crippen LogP contribution in [0.4, 0.5) is 0 Å². The van der Waals surface area contributed by atoms with E-state index in [9.17, 15) is 9.90 Å². The highest BCUT2D eigenvalue weighted by molar-refractivity contribution is 5.84. The molecule has 0 heterocycles. The quantitative estimate of drug-likeness (QED) is 0.705. The number of aliphatic carboxylic acids is 1. The van der Waals surface area contributed by atoms with Crippen LogP contribution in [0.5, 0.6) is 0 Å². The van der Waals surface area contributed by atoms with Crippen molar-refractivity contribution in [3.63, 3.8) is 0 Å². The Morgan fingerprint density at radius 2 is 2.25 bits per heavy atom. The summed E-state index contributed by atoms with van der Waals surface area (Å²) < 4.78 is 0. The summed E-state index contributed by atoms with van der Waals surface area (Å²) in [5, 5.41) is 17.8.